The van der Waals surface area contributed by atoms with Crippen LogP contribution in [0.15, 0.2) is 6.20 Å². The Bertz CT molecular complexity index is 392. The summed E-state index contributed by atoms with van der Waals surface area (Å²) < 4.78 is 0. The number of halogens is 1. The molecule has 0 unspecified atom stereocenters. The third-order valence-corrected chi connectivity index (χ3v) is 3.67. The number of nitrogens with zero attached hydrogens (tertiary/aromatic N) is 3. The molecule has 1 heterocycles. The van der Waals surface area contributed by atoms with E-state index in [0.29, 0.717) is 11.5 Å². The summed E-state index contributed by atoms with van der Waals surface area (Å²) in [5.74, 6) is 0.620. The van der Waals surface area contributed by atoms with E-state index in [1.807, 2.05) is 0 Å². The molecule has 2 rings (SSSR count). The van der Waals surface area contributed by atoms with E-state index in [2.05, 4.69) is 27.2 Å². The van der Waals surface area contributed by atoms with E-state index in [-0.39, 0.29) is 5.28 Å². The molecule has 0 radical (unpaired) electrons. The van der Waals surface area contributed by atoms with Crippen LogP contribution in [-0.2, 0) is 0 Å². The molecule has 0 spiro atoms. The van der Waals surface area contributed by atoms with Crippen molar-refractivity contribution in [2.24, 2.45) is 0 Å². The minimum absolute atomic E-state index is 0.218. The number of hydrogen-bond donors (Lipinski definition) is 2. The van der Waals surface area contributed by atoms with Crippen LogP contribution in [0.25, 0.3) is 0 Å². The molecule has 0 aliphatic heterocycles. The first kappa shape index (κ1) is 13.4. The van der Waals surface area contributed by atoms with Gasteiger partial charge in [-0.3, -0.25) is 0 Å². The highest BCUT2D eigenvalue weighted by Gasteiger charge is 2.18. The molecule has 5 nitrogen and oxygen atoms in total. The van der Waals surface area contributed by atoms with Crippen molar-refractivity contribution in [2.75, 3.05) is 31.2 Å². The quantitative estimate of drug-likeness (QED) is 0.801. The molecule has 1 aromatic heterocycles. The van der Waals surface area contributed by atoms with Gasteiger partial charge in [-0.2, -0.15) is 4.98 Å². The molecule has 100 valence electrons. The zero-order chi connectivity index (χ0) is 13.0. The van der Waals surface area contributed by atoms with Gasteiger partial charge in [-0.25, -0.2) is 4.98 Å². The number of anilines is 2. The van der Waals surface area contributed by atoms with Crippen molar-refractivity contribution in [2.45, 2.75) is 31.7 Å². The van der Waals surface area contributed by atoms with E-state index < -0.39 is 0 Å². The summed E-state index contributed by atoms with van der Waals surface area (Å²) in [5, 5.41) is 3.42. The highest BCUT2D eigenvalue weighted by molar-refractivity contribution is 6.28. The minimum Gasteiger partial charge on any atom is -0.394 e. The Hall–Kier alpha value is -1.07. The second-order valence-electron chi connectivity index (χ2n) is 4.79. The van der Waals surface area contributed by atoms with Crippen molar-refractivity contribution >= 4 is 23.1 Å². The number of rotatable bonds is 5. The molecule has 1 aliphatic rings. The predicted octanol–water partition coefficient (Wildman–Crippen LogP) is 2.00. The summed E-state index contributed by atoms with van der Waals surface area (Å²) in [4.78, 5) is 10.3. The SMILES string of the molecule is CN(CCNc1nc(Cl)ncc1N)C1CCCC1. The fourth-order valence-corrected chi connectivity index (χ4v) is 2.52. The van der Waals surface area contributed by atoms with Gasteiger partial charge in [0.05, 0.1) is 11.9 Å². The Morgan fingerprint density at radius 1 is 1.50 bits per heavy atom. The Balaban J connectivity index is 1.79. The molecular weight excluding hydrogens is 250 g/mol. The number of aromatic nitrogens is 2. The van der Waals surface area contributed by atoms with Crippen LogP contribution in [0.2, 0.25) is 5.28 Å². The maximum Gasteiger partial charge on any atom is 0.224 e. The fraction of sp³-hybridized carbons (Fsp3) is 0.667. The largest absolute Gasteiger partial charge is 0.394 e. The molecule has 0 saturated heterocycles. The zero-order valence-electron chi connectivity index (χ0n) is 10.7. The Kier molecular flexibility index (Phi) is 4.60. The van der Waals surface area contributed by atoms with Crippen molar-refractivity contribution in [1.82, 2.24) is 14.9 Å². The van der Waals surface area contributed by atoms with Crippen molar-refractivity contribution in [3.63, 3.8) is 0 Å². The number of nitrogens with one attached hydrogen (secondary N) is 1. The molecule has 0 amide bonds. The molecule has 1 aromatic rings. The number of nitrogens with two attached hydrogens (primary N) is 1. The van der Waals surface area contributed by atoms with Crippen LogP contribution in [0.3, 0.4) is 0 Å². The van der Waals surface area contributed by atoms with Gasteiger partial charge in [0.1, 0.15) is 0 Å². The normalized spacial score (nSPS) is 16.4. The molecular formula is C12H20ClN5. The summed E-state index contributed by atoms with van der Waals surface area (Å²) in [5.41, 5.74) is 6.30. The van der Waals surface area contributed by atoms with Gasteiger partial charge >= 0.3 is 0 Å². The van der Waals surface area contributed by atoms with E-state index in [1.165, 1.54) is 31.9 Å². The third kappa shape index (κ3) is 3.46. The second kappa shape index (κ2) is 6.20. The van der Waals surface area contributed by atoms with Crippen molar-refractivity contribution < 1.29 is 0 Å². The van der Waals surface area contributed by atoms with Crippen molar-refractivity contribution in [1.29, 1.82) is 0 Å². The van der Waals surface area contributed by atoms with Crippen LogP contribution in [0.1, 0.15) is 25.7 Å². The molecule has 1 saturated carbocycles. The summed E-state index contributed by atoms with van der Waals surface area (Å²) in [6.45, 7) is 1.79. The summed E-state index contributed by atoms with van der Waals surface area (Å²) in [6.07, 6.45) is 6.88. The van der Waals surface area contributed by atoms with Gasteiger partial charge in [-0.15, -0.1) is 0 Å². The average Bonchev–Trinajstić information content (AvgIpc) is 2.87. The Labute approximate surface area is 113 Å². The standard InChI is InChI=1S/C12H20ClN5/c1-18(9-4-2-3-5-9)7-6-15-11-10(14)8-16-12(13)17-11/h8-9H,2-7,14H2,1H3,(H,15,16,17). The monoisotopic (exact) mass is 269 g/mol. The number of hydrogen-bond acceptors (Lipinski definition) is 5. The maximum absolute atomic E-state index is 5.77. The Morgan fingerprint density at radius 3 is 2.94 bits per heavy atom. The number of nitrogen functional groups attached to an aromatic ring is 1. The van der Waals surface area contributed by atoms with Crippen LogP contribution in [-0.4, -0.2) is 41.0 Å². The lowest BCUT2D eigenvalue weighted by Gasteiger charge is -2.24. The fourth-order valence-electron chi connectivity index (χ4n) is 2.39. The maximum atomic E-state index is 5.77. The molecule has 1 fully saturated rings. The van der Waals surface area contributed by atoms with Gasteiger partial charge in [0.25, 0.3) is 0 Å². The minimum atomic E-state index is 0.218. The topological polar surface area (TPSA) is 67.1 Å². The van der Waals surface area contributed by atoms with Gasteiger partial charge in [0.15, 0.2) is 5.82 Å². The Morgan fingerprint density at radius 2 is 2.22 bits per heavy atom. The van der Waals surface area contributed by atoms with Crippen molar-refractivity contribution in [3.8, 4) is 0 Å². The first-order valence-corrected chi connectivity index (χ1v) is 6.77. The van der Waals surface area contributed by atoms with Crippen LogP contribution in [0.4, 0.5) is 11.5 Å². The second-order valence-corrected chi connectivity index (χ2v) is 5.13. The van der Waals surface area contributed by atoms with E-state index in [0.717, 1.165) is 19.1 Å². The zero-order valence-corrected chi connectivity index (χ0v) is 11.5. The lowest BCUT2D eigenvalue weighted by Crippen LogP contribution is -2.33. The van der Waals surface area contributed by atoms with E-state index in [9.17, 15) is 0 Å². The van der Waals surface area contributed by atoms with Crippen LogP contribution < -0.4 is 11.1 Å². The van der Waals surface area contributed by atoms with Crippen LogP contribution in [0, 0.1) is 0 Å². The first-order chi connectivity index (χ1) is 8.66. The van der Waals surface area contributed by atoms with Gasteiger partial charge in [-0.05, 0) is 31.5 Å². The molecule has 0 bridgehead atoms. The highest BCUT2D eigenvalue weighted by Crippen LogP contribution is 2.22. The lowest BCUT2D eigenvalue weighted by molar-refractivity contribution is 0.254. The third-order valence-electron chi connectivity index (χ3n) is 3.49. The van der Waals surface area contributed by atoms with Crippen molar-refractivity contribution in [3.05, 3.63) is 11.5 Å². The predicted molar refractivity (Wildman–Crippen MR) is 74.8 cm³/mol. The van der Waals surface area contributed by atoms with Gasteiger partial charge in [-0.1, -0.05) is 12.8 Å². The molecule has 1 aliphatic carbocycles. The van der Waals surface area contributed by atoms with Gasteiger partial charge < -0.3 is 16.0 Å². The van der Waals surface area contributed by atoms with Gasteiger partial charge in [0, 0.05) is 19.1 Å². The van der Waals surface area contributed by atoms with E-state index in [4.69, 9.17) is 17.3 Å². The average molecular weight is 270 g/mol. The van der Waals surface area contributed by atoms with Crippen LogP contribution in [0.5, 0.6) is 0 Å². The summed E-state index contributed by atoms with van der Waals surface area (Å²) in [6, 6.07) is 0.734. The van der Waals surface area contributed by atoms with E-state index in [1.54, 1.807) is 0 Å². The summed E-state index contributed by atoms with van der Waals surface area (Å²) >= 11 is 5.73. The molecule has 0 aromatic carbocycles. The number of likely N-dealkylation sites (N-methyl/N-ethyl adjacent to an activating group) is 1. The molecule has 3 N–H and O–H groups in total. The van der Waals surface area contributed by atoms with Gasteiger partial charge in [0.2, 0.25) is 5.28 Å². The molecule has 0 atom stereocenters. The smallest absolute Gasteiger partial charge is 0.224 e. The molecule has 18 heavy (non-hydrogen) atoms. The lowest BCUT2D eigenvalue weighted by atomic mass is 10.2. The summed E-state index contributed by atoms with van der Waals surface area (Å²) in [7, 11) is 2.17. The highest BCUT2D eigenvalue weighted by atomic mass is 35.5. The van der Waals surface area contributed by atoms with E-state index >= 15 is 0 Å². The molecule has 6 heteroatoms. The first-order valence-electron chi connectivity index (χ1n) is 6.39. The van der Waals surface area contributed by atoms with Crippen LogP contribution >= 0.6 is 11.6 Å².